The largest absolute Gasteiger partial charge is 0.394 e. The highest BCUT2D eigenvalue weighted by Gasteiger charge is 2.10. The van der Waals surface area contributed by atoms with E-state index in [2.05, 4.69) is 12.2 Å². The van der Waals surface area contributed by atoms with Crippen LogP contribution in [0.1, 0.15) is 49.0 Å². The van der Waals surface area contributed by atoms with Gasteiger partial charge in [-0.1, -0.05) is 32.4 Å². The molecule has 0 saturated carbocycles. The molecule has 1 aromatic rings. The number of unbranched alkanes of at least 4 members (excludes halogenated alkanes) is 1. The zero-order valence-electron chi connectivity index (χ0n) is 11.3. The van der Waals surface area contributed by atoms with Gasteiger partial charge in [-0.3, -0.25) is 4.79 Å². The molecule has 1 amide bonds. The molecule has 18 heavy (non-hydrogen) atoms. The molecule has 1 aromatic carbocycles. The van der Waals surface area contributed by atoms with Gasteiger partial charge in [0.1, 0.15) is 0 Å². The minimum absolute atomic E-state index is 0.0170. The number of nitrogens with one attached hydrogen (secondary N) is 1. The Hall–Kier alpha value is -1.35. The van der Waals surface area contributed by atoms with Gasteiger partial charge in [-0.2, -0.15) is 0 Å². The first-order valence-corrected chi connectivity index (χ1v) is 6.71. The Morgan fingerprint density at radius 2 is 1.94 bits per heavy atom. The Morgan fingerprint density at radius 1 is 1.28 bits per heavy atom. The minimum Gasteiger partial charge on any atom is -0.394 e. The van der Waals surface area contributed by atoms with Crippen LogP contribution in [0.3, 0.4) is 0 Å². The third kappa shape index (κ3) is 4.49. The Bertz CT molecular complexity index is 355. The van der Waals surface area contributed by atoms with E-state index in [1.165, 1.54) is 18.4 Å². The number of aliphatic hydroxyl groups is 1. The predicted molar refractivity (Wildman–Crippen MR) is 73.7 cm³/mol. The van der Waals surface area contributed by atoms with Gasteiger partial charge in [0.05, 0.1) is 12.6 Å². The summed E-state index contributed by atoms with van der Waals surface area (Å²) in [6, 6.07) is 7.56. The summed E-state index contributed by atoms with van der Waals surface area (Å²) in [7, 11) is 0. The minimum atomic E-state index is -0.155. The fourth-order valence-electron chi connectivity index (χ4n) is 1.75. The first kappa shape index (κ1) is 14.7. The maximum absolute atomic E-state index is 11.9. The molecule has 1 rings (SSSR count). The van der Waals surface area contributed by atoms with Crippen LogP contribution in [0.5, 0.6) is 0 Å². The van der Waals surface area contributed by atoms with Gasteiger partial charge in [-0.25, -0.2) is 0 Å². The van der Waals surface area contributed by atoms with Crippen molar-refractivity contribution in [2.24, 2.45) is 0 Å². The van der Waals surface area contributed by atoms with Gasteiger partial charge in [0, 0.05) is 5.56 Å². The van der Waals surface area contributed by atoms with Crippen molar-refractivity contribution in [3.8, 4) is 0 Å². The van der Waals surface area contributed by atoms with Crippen LogP contribution in [0, 0.1) is 0 Å². The fourth-order valence-corrected chi connectivity index (χ4v) is 1.75. The number of amides is 1. The molecule has 0 aliphatic carbocycles. The Labute approximate surface area is 109 Å². The lowest BCUT2D eigenvalue weighted by molar-refractivity contribution is 0.0915. The first-order valence-electron chi connectivity index (χ1n) is 6.71. The first-order chi connectivity index (χ1) is 8.71. The molecule has 0 bridgehead atoms. The number of hydrogen-bond donors (Lipinski definition) is 2. The Kier molecular flexibility index (Phi) is 6.44. The van der Waals surface area contributed by atoms with Crippen LogP contribution >= 0.6 is 0 Å². The summed E-state index contributed by atoms with van der Waals surface area (Å²) < 4.78 is 0. The average molecular weight is 249 g/mol. The molecule has 0 spiro atoms. The van der Waals surface area contributed by atoms with Crippen molar-refractivity contribution in [3.05, 3.63) is 35.4 Å². The van der Waals surface area contributed by atoms with Crippen LogP contribution in [-0.4, -0.2) is 23.7 Å². The maximum Gasteiger partial charge on any atom is 0.251 e. The van der Waals surface area contributed by atoms with Gasteiger partial charge in [-0.15, -0.1) is 0 Å². The number of aliphatic hydroxyl groups excluding tert-OH is 1. The molecule has 2 N–H and O–H groups in total. The van der Waals surface area contributed by atoms with E-state index in [0.717, 1.165) is 12.8 Å². The molecule has 0 heterocycles. The lowest BCUT2D eigenvalue weighted by Gasteiger charge is -2.14. The van der Waals surface area contributed by atoms with E-state index in [4.69, 9.17) is 5.11 Å². The molecule has 0 aromatic heterocycles. The van der Waals surface area contributed by atoms with Crippen LogP contribution in [0.25, 0.3) is 0 Å². The number of carbonyl (C=O) groups is 1. The van der Waals surface area contributed by atoms with Crippen LogP contribution in [0.4, 0.5) is 0 Å². The number of rotatable bonds is 7. The Balaban J connectivity index is 2.58. The second-order valence-corrected chi connectivity index (χ2v) is 4.56. The molecule has 0 saturated heterocycles. The highest BCUT2D eigenvalue weighted by atomic mass is 16.3. The summed E-state index contributed by atoms with van der Waals surface area (Å²) >= 11 is 0. The standard InChI is InChI=1S/C15H23NO2/c1-3-5-6-12-7-9-13(10-8-12)15(18)16-14(4-2)11-17/h7-10,14,17H,3-6,11H2,1-2H3,(H,16,18). The Morgan fingerprint density at radius 3 is 2.44 bits per heavy atom. The van der Waals surface area contributed by atoms with E-state index < -0.39 is 0 Å². The zero-order valence-corrected chi connectivity index (χ0v) is 11.3. The molecule has 100 valence electrons. The van der Waals surface area contributed by atoms with Gasteiger partial charge in [0.15, 0.2) is 0 Å². The third-order valence-corrected chi connectivity index (χ3v) is 3.08. The van der Waals surface area contributed by atoms with Crippen molar-refractivity contribution >= 4 is 5.91 Å². The van der Waals surface area contributed by atoms with E-state index in [9.17, 15) is 4.79 Å². The lowest BCUT2D eigenvalue weighted by Crippen LogP contribution is -2.36. The van der Waals surface area contributed by atoms with Gasteiger partial charge in [-0.05, 0) is 37.0 Å². The van der Waals surface area contributed by atoms with E-state index in [0.29, 0.717) is 5.56 Å². The van der Waals surface area contributed by atoms with Crippen LogP contribution in [0.15, 0.2) is 24.3 Å². The van der Waals surface area contributed by atoms with Crippen LogP contribution < -0.4 is 5.32 Å². The number of carbonyl (C=O) groups excluding carboxylic acids is 1. The van der Waals surface area contributed by atoms with Crippen LogP contribution in [-0.2, 0) is 6.42 Å². The molecule has 3 nitrogen and oxygen atoms in total. The van der Waals surface area contributed by atoms with Crippen molar-refractivity contribution in [1.29, 1.82) is 0 Å². The average Bonchev–Trinajstić information content (AvgIpc) is 2.42. The van der Waals surface area contributed by atoms with Gasteiger partial charge < -0.3 is 10.4 Å². The predicted octanol–water partition coefficient (Wildman–Crippen LogP) is 2.53. The van der Waals surface area contributed by atoms with Crippen molar-refractivity contribution in [3.63, 3.8) is 0 Å². The molecule has 1 atom stereocenters. The summed E-state index contributed by atoms with van der Waals surface area (Å²) in [5.41, 5.74) is 1.92. The topological polar surface area (TPSA) is 49.3 Å². The zero-order chi connectivity index (χ0) is 13.4. The summed E-state index contributed by atoms with van der Waals surface area (Å²) in [5, 5.41) is 11.9. The summed E-state index contributed by atoms with van der Waals surface area (Å²) in [4.78, 5) is 11.9. The number of hydrogen-bond acceptors (Lipinski definition) is 2. The molecule has 0 aliphatic rings. The molecule has 0 fully saturated rings. The maximum atomic E-state index is 11.9. The summed E-state index contributed by atoms with van der Waals surface area (Å²) in [6.45, 7) is 4.09. The van der Waals surface area contributed by atoms with Gasteiger partial charge in [0.25, 0.3) is 5.91 Å². The summed E-state index contributed by atoms with van der Waals surface area (Å²) in [5.74, 6) is -0.113. The second kappa shape index (κ2) is 7.88. The number of aryl methyl sites for hydroxylation is 1. The van der Waals surface area contributed by atoms with Crippen molar-refractivity contribution in [1.82, 2.24) is 5.32 Å². The molecule has 3 heteroatoms. The van der Waals surface area contributed by atoms with Crippen molar-refractivity contribution in [2.75, 3.05) is 6.61 Å². The lowest BCUT2D eigenvalue weighted by atomic mass is 10.1. The molecule has 0 radical (unpaired) electrons. The molecule has 0 aliphatic heterocycles. The smallest absolute Gasteiger partial charge is 0.251 e. The molecular formula is C15H23NO2. The van der Waals surface area contributed by atoms with E-state index in [1.54, 1.807) is 0 Å². The van der Waals surface area contributed by atoms with Crippen LogP contribution in [0.2, 0.25) is 0 Å². The molecular weight excluding hydrogens is 226 g/mol. The molecule has 1 unspecified atom stereocenters. The monoisotopic (exact) mass is 249 g/mol. The van der Waals surface area contributed by atoms with E-state index >= 15 is 0 Å². The SMILES string of the molecule is CCCCc1ccc(C(=O)NC(CC)CO)cc1. The normalized spacial score (nSPS) is 12.2. The van der Waals surface area contributed by atoms with E-state index in [-0.39, 0.29) is 18.6 Å². The van der Waals surface area contributed by atoms with E-state index in [1.807, 2.05) is 31.2 Å². The van der Waals surface area contributed by atoms with Gasteiger partial charge in [0.2, 0.25) is 0 Å². The van der Waals surface area contributed by atoms with Gasteiger partial charge >= 0.3 is 0 Å². The number of benzene rings is 1. The highest BCUT2D eigenvalue weighted by molar-refractivity contribution is 5.94. The quantitative estimate of drug-likeness (QED) is 0.780. The van der Waals surface area contributed by atoms with Crippen molar-refractivity contribution < 1.29 is 9.90 Å². The second-order valence-electron chi connectivity index (χ2n) is 4.56. The fraction of sp³-hybridized carbons (Fsp3) is 0.533. The summed E-state index contributed by atoms with van der Waals surface area (Å²) in [6.07, 6.45) is 4.15. The highest BCUT2D eigenvalue weighted by Crippen LogP contribution is 2.08. The van der Waals surface area contributed by atoms with Crippen molar-refractivity contribution in [2.45, 2.75) is 45.6 Å². The third-order valence-electron chi connectivity index (χ3n) is 3.08.